The molecule has 1 aromatic rings. The topological polar surface area (TPSA) is 85.7 Å². The van der Waals surface area contributed by atoms with Crippen LogP contribution in [0.25, 0.3) is 0 Å². The molecule has 5 nitrogen and oxygen atoms in total. The van der Waals surface area contributed by atoms with Crippen LogP contribution in [-0.4, -0.2) is 11.9 Å². The standard InChI is InChI=1S/C9H12BrFN4O/c1-5(9(12)14-15-13)16-8-3-2-6(10)4-7(8)11/h2-5,15H,13H2,1H3,(H2,12,14). The second kappa shape index (κ2) is 5.66. The highest BCUT2D eigenvalue weighted by Crippen LogP contribution is 2.22. The predicted molar refractivity (Wildman–Crippen MR) is 63.1 cm³/mol. The molecule has 0 heterocycles. The highest BCUT2D eigenvalue weighted by molar-refractivity contribution is 9.10. The van der Waals surface area contributed by atoms with Gasteiger partial charge in [0.2, 0.25) is 0 Å². The van der Waals surface area contributed by atoms with E-state index in [0.29, 0.717) is 4.47 Å². The molecule has 0 aromatic heterocycles. The zero-order valence-electron chi connectivity index (χ0n) is 8.58. The number of halogens is 2. The zero-order chi connectivity index (χ0) is 12.1. The summed E-state index contributed by atoms with van der Waals surface area (Å²) in [5.41, 5.74) is 7.55. The lowest BCUT2D eigenvalue weighted by Crippen LogP contribution is -2.34. The number of rotatable bonds is 4. The molecule has 0 spiro atoms. The van der Waals surface area contributed by atoms with E-state index in [9.17, 15) is 4.39 Å². The van der Waals surface area contributed by atoms with Crippen molar-refractivity contribution in [1.82, 2.24) is 5.53 Å². The van der Waals surface area contributed by atoms with Crippen LogP contribution in [-0.2, 0) is 0 Å². The van der Waals surface area contributed by atoms with E-state index in [4.69, 9.17) is 16.3 Å². The number of ether oxygens (including phenoxy) is 1. The van der Waals surface area contributed by atoms with Crippen molar-refractivity contribution in [2.75, 3.05) is 0 Å². The summed E-state index contributed by atoms with van der Waals surface area (Å²) in [7, 11) is 0. The van der Waals surface area contributed by atoms with Gasteiger partial charge in [-0.3, -0.25) is 0 Å². The first-order valence-electron chi connectivity index (χ1n) is 4.45. The minimum absolute atomic E-state index is 0.103. The van der Waals surface area contributed by atoms with Gasteiger partial charge in [0.15, 0.2) is 23.5 Å². The first-order chi connectivity index (χ1) is 7.54. The molecule has 5 N–H and O–H groups in total. The number of amidine groups is 1. The average Bonchev–Trinajstić information content (AvgIpc) is 2.22. The molecule has 0 radical (unpaired) electrons. The van der Waals surface area contributed by atoms with Crippen LogP contribution in [0.1, 0.15) is 6.92 Å². The van der Waals surface area contributed by atoms with E-state index in [2.05, 4.69) is 21.0 Å². The SMILES string of the molecule is CC(Oc1ccc(Br)cc1F)/C(N)=N/NN. The molecule has 0 fully saturated rings. The Morgan fingerprint density at radius 2 is 2.31 bits per heavy atom. The van der Waals surface area contributed by atoms with Crippen molar-refractivity contribution < 1.29 is 9.13 Å². The fourth-order valence-electron chi connectivity index (χ4n) is 0.987. The lowest BCUT2D eigenvalue weighted by Gasteiger charge is -2.14. The Balaban J connectivity index is 2.77. The molecule has 0 bridgehead atoms. The monoisotopic (exact) mass is 290 g/mol. The van der Waals surface area contributed by atoms with Crippen LogP contribution in [0.4, 0.5) is 4.39 Å². The van der Waals surface area contributed by atoms with Gasteiger partial charge in [-0.05, 0) is 25.1 Å². The lowest BCUT2D eigenvalue weighted by atomic mass is 10.3. The summed E-state index contributed by atoms with van der Waals surface area (Å²) in [6.07, 6.45) is -0.577. The Bertz CT molecular complexity index is 399. The second-order valence-corrected chi connectivity index (χ2v) is 3.92. The van der Waals surface area contributed by atoms with Gasteiger partial charge in [-0.2, -0.15) is 0 Å². The Morgan fingerprint density at radius 1 is 1.62 bits per heavy atom. The number of nitrogens with zero attached hydrogens (tertiary/aromatic N) is 1. The number of benzene rings is 1. The summed E-state index contributed by atoms with van der Waals surface area (Å²) in [6.45, 7) is 1.64. The molecule has 0 saturated carbocycles. The third kappa shape index (κ3) is 3.35. The summed E-state index contributed by atoms with van der Waals surface area (Å²) in [5.74, 6) is 4.71. The number of hydrogen-bond donors (Lipinski definition) is 3. The van der Waals surface area contributed by atoms with E-state index in [1.165, 1.54) is 12.1 Å². The minimum Gasteiger partial charge on any atom is -0.480 e. The van der Waals surface area contributed by atoms with Crippen molar-refractivity contribution in [1.29, 1.82) is 0 Å². The molecule has 1 unspecified atom stereocenters. The lowest BCUT2D eigenvalue weighted by molar-refractivity contribution is 0.270. The largest absolute Gasteiger partial charge is 0.480 e. The van der Waals surface area contributed by atoms with Crippen LogP contribution in [0.2, 0.25) is 0 Å². The normalized spacial score (nSPS) is 13.4. The van der Waals surface area contributed by atoms with Crippen LogP contribution in [0.3, 0.4) is 0 Å². The van der Waals surface area contributed by atoms with Crippen molar-refractivity contribution in [2.24, 2.45) is 16.7 Å². The predicted octanol–water partition coefficient (Wildman–Crippen LogP) is 1.09. The molecular weight excluding hydrogens is 279 g/mol. The van der Waals surface area contributed by atoms with E-state index in [-0.39, 0.29) is 11.6 Å². The molecule has 0 aliphatic carbocycles. The summed E-state index contributed by atoms with van der Waals surface area (Å²) in [4.78, 5) is 0. The summed E-state index contributed by atoms with van der Waals surface area (Å²) < 4.78 is 19.3. The van der Waals surface area contributed by atoms with Crippen molar-refractivity contribution in [3.63, 3.8) is 0 Å². The van der Waals surface area contributed by atoms with Gasteiger partial charge in [-0.25, -0.2) is 15.8 Å². The summed E-state index contributed by atoms with van der Waals surface area (Å²) in [6, 6.07) is 4.47. The smallest absolute Gasteiger partial charge is 0.166 e. The molecule has 1 atom stereocenters. The van der Waals surface area contributed by atoms with Crippen LogP contribution in [0.5, 0.6) is 5.75 Å². The van der Waals surface area contributed by atoms with Gasteiger partial charge in [0, 0.05) is 4.47 Å². The minimum atomic E-state index is -0.577. The fourth-order valence-corrected chi connectivity index (χ4v) is 1.32. The van der Waals surface area contributed by atoms with Crippen LogP contribution in [0, 0.1) is 5.82 Å². The van der Waals surface area contributed by atoms with Crippen molar-refractivity contribution in [3.8, 4) is 5.75 Å². The number of hydrazone groups is 1. The molecule has 1 rings (SSSR count). The fraction of sp³-hybridized carbons (Fsp3) is 0.222. The molecule has 0 amide bonds. The van der Waals surface area contributed by atoms with Gasteiger partial charge in [0.1, 0.15) is 0 Å². The van der Waals surface area contributed by atoms with Crippen molar-refractivity contribution >= 4 is 21.8 Å². The first-order valence-corrected chi connectivity index (χ1v) is 5.24. The number of hydrazine groups is 1. The third-order valence-electron chi connectivity index (χ3n) is 1.81. The quantitative estimate of drug-likeness (QED) is 0.335. The Labute approximate surface area is 101 Å². The number of nitrogens with one attached hydrogen (secondary N) is 1. The Hall–Kier alpha value is -1.34. The highest BCUT2D eigenvalue weighted by Gasteiger charge is 2.12. The molecular formula is C9H12BrFN4O. The summed E-state index contributed by atoms with van der Waals surface area (Å²) >= 11 is 3.15. The second-order valence-electron chi connectivity index (χ2n) is 3.00. The Morgan fingerprint density at radius 3 is 2.88 bits per heavy atom. The van der Waals surface area contributed by atoms with Crippen LogP contribution < -0.4 is 21.8 Å². The zero-order valence-corrected chi connectivity index (χ0v) is 10.2. The third-order valence-corrected chi connectivity index (χ3v) is 2.30. The molecule has 16 heavy (non-hydrogen) atoms. The van der Waals surface area contributed by atoms with Gasteiger partial charge in [0.25, 0.3) is 0 Å². The van der Waals surface area contributed by atoms with Gasteiger partial charge in [-0.1, -0.05) is 15.9 Å². The van der Waals surface area contributed by atoms with E-state index in [0.717, 1.165) is 0 Å². The highest BCUT2D eigenvalue weighted by atomic mass is 79.9. The van der Waals surface area contributed by atoms with Gasteiger partial charge >= 0.3 is 0 Å². The maximum atomic E-state index is 13.4. The van der Waals surface area contributed by atoms with Crippen molar-refractivity contribution in [3.05, 3.63) is 28.5 Å². The maximum absolute atomic E-state index is 13.4. The van der Waals surface area contributed by atoms with Gasteiger partial charge in [-0.15, -0.1) is 5.10 Å². The molecule has 1 aromatic carbocycles. The van der Waals surface area contributed by atoms with E-state index in [1.54, 1.807) is 13.0 Å². The van der Waals surface area contributed by atoms with Gasteiger partial charge < -0.3 is 10.5 Å². The molecule has 0 saturated heterocycles. The molecule has 88 valence electrons. The van der Waals surface area contributed by atoms with Gasteiger partial charge in [0.05, 0.1) is 0 Å². The van der Waals surface area contributed by atoms with E-state index < -0.39 is 11.9 Å². The van der Waals surface area contributed by atoms with Crippen molar-refractivity contribution in [2.45, 2.75) is 13.0 Å². The summed E-state index contributed by atoms with van der Waals surface area (Å²) in [5, 5.41) is 3.53. The van der Waals surface area contributed by atoms with Crippen LogP contribution in [0.15, 0.2) is 27.8 Å². The van der Waals surface area contributed by atoms with E-state index >= 15 is 0 Å². The first kappa shape index (κ1) is 12.7. The van der Waals surface area contributed by atoms with E-state index in [1.807, 2.05) is 5.53 Å². The average molecular weight is 291 g/mol. The number of nitrogens with two attached hydrogens (primary N) is 2. The molecule has 0 aliphatic rings. The molecule has 7 heteroatoms. The molecule has 0 aliphatic heterocycles. The number of hydrogen-bond acceptors (Lipinski definition) is 4. The van der Waals surface area contributed by atoms with Crippen LogP contribution >= 0.6 is 15.9 Å². The maximum Gasteiger partial charge on any atom is 0.166 e. The Kier molecular flexibility index (Phi) is 4.51.